The van der Waals surface area contributed by atoms with Crippen molar-refractivity contribution in [2.24, 2.45) is 5.73 Å². The Labute approximate surface area is 158 Å². The molecule has 1 aromatic carbocycles. The number of amides is 2. The number of aromatic hydroxyl groups is 1. The second-order valence-corrected chi connectivity index (χ2v) is 8.86. The van der Waals surface area contributed by atoms with Crippen molar-refractivity contribution < 1.29 is 14.7 Å². The monoisotopic (exact) mass is 389 g/mol. The maximum absolute atomic E-state index is 12.7. The predicted octanol–water partition coefficient (Wildman–Crippen LogP) is -0.175. The van der Waals surface area contributed by atoms with E-state index < -0.39 is 18.0 Å². The maximum Gasteiger partial charge on any atom is 0.249 e. The van der Waals surface area contributed by atoms with Gasteiger partial charge in [-0.25, -0.2) is 0 Å². The van der Waals surface area contributed by atoms with Gasteiger partial charge in [0.2, 0.25) is 11.8 Å². The van der Waals surface area contributed by atoms with Crippen molar-refractivity contribution in [2.75, 3.05) is 0 Å². The smallest absolute Gasteiger partial charge is 0.249 e. The normalized spacial score (nSPS) is 27.0. The molecule has 0 bridgehead atoms. The zero-order chi connectivity index (χ0) is 19.3. The van der Waals surface area contributed by atoms with Gasteiger partial charge >= 0.3 is 0 Å². The summed E-state index contributed by atoms with van der Waals surface area (Å²) in [5.41, 5.74) is 6.55. The van der Waals surface area contributed by atoms with Crippen molar-refractivity contribution in [3.8, 4) is 5.75 Å². The van der Waals surface area contributed by atoms with Gasteiger partial charge in [0.1, 0.15) is 29.2 Å². The molecule has 142 valence electrons. The molecule has 2 saturated heterocycles. The Bertz CT molecular complexity index is 871. The highest BCUT2D eigenvalue weighted by atomic mass is 32.2. The molecule has 0 aliphatic carbocycles. The number of hydrogen-bond donors (Lipinski definition) is 4. The molecular weight excluding hydrogens is 370 g/mol. The van der Waals surface area contributed by atoms with E-state index in [2.05, 4.69) is 25.9 Å². The number of carbonyl (C=O) groups is 2. The number of nitrogens with two attached hydrogens (primary N) is 1. The highest BCUT2D eigenvalue weighted by molar-refractivity contribution is 8.01. The lowest BCUT2D eigenvalue weighted by atomic mass is 9.95. The Kier molecular flexibility index (Phi) is 4.07. The number of H-pyrrole nitrogens is 1. The van der Waals surface area contributed by atoms with Crippen LogP contribution in [0.1, 0.15) is 37.3 Å². The molecule has 0 spiro atoms. The van der Waals surface area contributed by atoms with E-state index in [0.717, 1.165) is 0 Å². The van der Waals surface area contributed by atoms with Crippen LogP contribution in [0.25, 0.3) is 0 Å². The van der Waals surface area contributed by atoms with E-state index in [9.17, 15) is 14.7 Å². The molecule has 2 aliphatic heterocycles. The molecule has 2 aliphatic rings. The fourth-order valence-corrected chi connectivity index (χ4v) is 5.16. The van der Waals surface area contributed by atoms with Crippen LogP contribution in [0.5, 0.6) is 5.75 Å². The minimum absolute atomic E-state index is 0.0910. The van der Waals surface area contributed by atoms with Gasteiger partial charge in [0.25, 0.3) is 0 Å². The molecule has 11 heteroatoms. The van der Waals surface area contributed by atoms with Crippen LogP contribution in [-0.4, -0.2) is 58.6 Å². The molecule has 4 rings (SSSR count). The molecule has 27 heavy (non-hydrogen) atoms. The number of hydrogen-bond acceptors (Lipinski definition) is 8. The van der Waals surface area contributed by atoms with E-state index in [0.29, 0.717) is 11.4 Å². The molecule has 2 fully saturated rings. The van der Waals surface area contributed by atoms with Crippen LogP contribution in [0.2, 0.25) is 0 Å². The molecule has 1 aromatic heterocycles. The van der Waals surface area contributed by atoms with Gasteiger partial charge in [-0.2, -0.15) is 5.21 Å². The first-order valence-corrected chi connectivity index (χ1v) is 9.26. The fourth-order valence-electron chi connectivity index (χ4n) is 3.53. The Hall–Kier alpha value is -2.66. The third kappa shape index (κ3) is 2.82. The van der Waals surface area contributed by atoms with Crippen molar-refractivity contribution in [3.63, 3.8) is 0 Å². The van der Waals surface area contributed by atoms with Gasteiger partial charge in [-0.15, -0.1) is 22.0 Å². The summed E-state index contributed by atoms with van der Waals surface area (Å²) in [5.74, 6) is -0.0959. The lowest BCUT2D eigenvalue weighted by Gasteiger charge is -2.44. The summed E-state index contributed by atoms with van der Waals surface area (Å²) in [6.07, 6.45) is 0. The summed E-state index contributed by atoms with van der Waals surface area (Å²) in [6, 6.07) is 4.18. The number of phenolic OH excluding ortho intramolecular Hbond substituents is 1. The molecule has 0 saturated carbocycles. The van der Waals surface area contributed by atoms with E-state index in [1.54, 1.807) is 28.8 Å². The Morgan fingerprint density at radius 1 is 1.41 bits per heavy atom. The Morgan fingerprint density at radius 3 is 2.74 bits per heavy atom. The summed E-state index contributed by atoms with van der Waals surface area (Å²) < 4.78 is -0.331. The SMILES string of the molecule is CC1(C)S[C@@H]2C(NC(=O)[C@H](N)c3ccc(O)cc3)C(=O)N2C1c1nn[nH]n1. The van der Waals surface area contributed by atoms with Crippen LogP contribution >= 0.6 is 11.8 Å². The minimum Gasteiger partial charge on any atom is -0.508 e. The molecular formula is C16H19N7O3S. The molecule has 2 amide bonds. The van der Waals surface area contributed by atoms with Gasteiger partial charge in [-0.05, 0) is 31.5 Å². The van der Waals surface area contributed by atoms with Crippen molar-refractivity contribution in [2.45, 2.75) is 42.1 Å². The average Bonchev–Trinajstić information content (AvgIpc) is 3.23. The third-order valence-electron chi connectivity index (χ3n) is 4.88. The number of β-lactam (4-membered cyclic amide) rings is 1. The molecule has 3 heterocycles. The number of fused-ring (bicyclic) bond motifs is 1. The van der Waals surface area contributed by atoms with Crippen molar-refractivity contribution in [1.82, 2.24) is 30.8 Å². The number of phenols is 1. The molecule has 10 nitrogen and oxygen atoms in total. The highest BCUT2D eigenvalue weighted by Gasteiger charge is 2.63. The van der Waals surface area contributed by atoms with Gasteiger partial charge in [-0.3, -0.25) is 9.59 Å². The minimum atomic E-state index is -0.931. The topological polar surface area (TPSA) is 150 Å². The molecule has 2 unspecified atom stereocenters. The first-order chi connectivity index (χ1) is 12.8. The molecule has 4 atom stereocenters. The highest BCUT2D eigenvalue weighted by Crippen LogP contribution is 2.56. The van der Waals surface area contributed by atoms with Crippen LogP contribution < -0.4 is 11.1 Å². The number of nitrogens with one attached hydrogen (secondary N) is 2. The summed E-state index contributed by atoms with van der Waals surface area (Å²) in [7, 11) is 0. The Balaban J connectivity index is 1.48. The van der Waals surface area contributed by atoms with Crippen LogP contribution in [-0.2, 0) is 9.59 Å². The Morgan fingerprint density at radius 2 is 2.11 bits per heavy atom. The van der Waals surface area contributed by atoms with E-state index in [-0.39, 0.29) is 27.8 Å². The van der Waals surface area contributed by atoms with E-state index in [1.165, 1.54) is 12.1 Å². The van der Waals surface area contributed by atoms with E-state index >= 15 is 0 Å². The molecule has 2 aromatic rings. The van der Waals surface area contributed by atoms with Crippen LogP contribution in [0, 0.1) is 0 Å². The van der Waals surface area contributed by atoms with Crippen LogP contribution in [0.3, 0.4) is 0 Å². The molecule has 5 N–H and O–H groups in total. The van der Waals surface area contributed by atoms with E-state index in [1.807, 2.05) is 13.8 Å². The number of rotatable bonds is 4. The number of benzene rings is 1. The zero-order valence-corrected chi connectivity index (χ0v) is 15.5. The van der Waals surface area contributed by atoms with Crippen molar-refractivity contribution >= 4 is 23.6 Å². The number of tetrazole rings is 1. The third-order valence-corrected chi connectivity index (χ3v) is 6.45. The molecule has 0 radical (unpaired) electrons. The largest absolute Gasteiger partial charge is 0.508 e. The van der Waals surface area contributed by atoms with Gasteiger partial charge in [0.15, 0.2) is 5.82 Å². The average molecular weight is 389 g/mol. The summed E-state index contributed by atoms with van der Waals surface area (Å²) in [6.45, 7) is 4.01. The number of carbonyl (C=O) groups excluding carboxylic acids is 2. The maximum atomic E-state index is 12.7. The first kappa shape index (κ1) is 17.7. The van der Waals surface area contributed by atoms with Gasteiger partial charge in [0.05, 0.1) is 0 Å². The number of aromatic nitrogens is 4. The second-order valence-electron chi connectivity index (χ2n) is 7.09. The zero-order valence-electron chi connectivity index (χ0n) is 14.7. The predicted molar refractivity (Wildman–Crippen MR) is 96.2 cm³/mol. The standard InChI is InChI=1S/C16H19N7O3S/c1-16(2)11(12-19-21-22-20-12)23-14(26)10(15(23)27-16)18-13(25)9(17)7-3-5-8(24)6-4-7/h3-6,9-11,15,24H,17H2,1-2H3,(H,18,25)(H,19,20,21,22)/t9-,10?,11?,15-/m1/s1. The van der Waals surface area contributed by atoms with Crippen molar-refractivity contribution in [1.29, 1.82) is 0 Å². The van der Waals surface area contributed by atoms with Crippen LogP contribution in [0.15, 0.2) is 24.3 Å². The number of aromatic amines is 1. The number of nitrogens with zero attached hydrogens (tertiary/aromatic N) is 4. The van der Waals surface area contributed by atoms with Crippen LogP contribution in [0.4, 0.5) is 0 Å². The van der Waals surface area contributed by atoms with Gasteiger partial charge in [-0.1, -0.05) is 17.3 Å². The summed E-state index contributed by atoms with van der Waals surface area (Å²) >= 11 is 1.58. The quantitative estimate of drug-likeness (QED) is 0.526. The summed E-state index contributed by atoms with van der Waals surface area (Å²) in [4.78, 5) is 26.9. The fraction of sp³-hybridized carbons (Fsp3) is 0.438. The second kappa shape index (κ2) is 6.20. The van der Waals surface area contributed by atoms with E-state index in [4.69, 9.17) is 5.73 Å². The lowest BCUT2D eigenvalue weighted by molar-refractivity contribution is -0.152. The van der Waals surface area contributed by atoms with Gasteiger partial charge in [0, 0.05) is 4.75 Å². The lowest BCUT2D eigenvalue weighted by Crippen LogP contribution is -2.68. The van der Waals surface area contributed by atoms with Gasteiger partial charge < -0.3 is 21.1 Å². The number of thioether (sulfide) groups is 1. The first-order valence-electron chi connectivity index (χ1n) is 8.38. The van der Waals surface area contributed by atoms with Crippen molar-refractivity contribution in [3.05, 3.63) is 35.7 Å². The summed E-state index contributed by atoms with van der Waals surface area (Å²) in [5, 5.41) is 25.9.